The van der Waals surface area contributed by atoms with Gasteiger partial charge in [-0.25, -0.2) is 0 Å². The van der Waals surface area contributed by atoms with Crippen LogP contribution in [0.1, 0.15) is 24.2 Å². The monoisotopic (exact) mass is 266 g/mol. The predicted octanol–water partition coefficient (Wildman–Crippen LogP) is 0.296. The van der Waals surface area contributed by atoms with Crippen molar-refractivity contribution in [3.05, 3.63) is 17.5 Å². The smallest absolute Gasteiger partial charge is 0.305 e. The summed E-state index contributed by atoms with van der Waals surface area (Å²) in [6, 6.07) is 2.06. The summed E-state index contributed by atoms with van der Waals surface area (Å²) in [7, 11) is 0. The number of carboxylic acids is 1. The number of aliphatic carboxylic acids is 1. The average molecular weight is 266 g/mol. The van der Waals surface area contributed by atoms with E-state index in [1.807, 2.05) is 11.6 Å². The third-order valence-electron chi connectivity index (χ3n) is 3.57. The molecule has 0 atom stereocenters. The van der Waals surface area contributed by atoms with Crippen LogP contribution >= 0.6 is 0 Å². The highest BCUT2D eigenvalue weighted by Crippen LogP contribution is 2.15. The molecular weight excluding hydrogens is 244 g/mol. The fraction of sp³-hybridized carbons (Fsp3) is 0.692. The second-order valence-electron chi connectivity index (χ2n) is 5.38. The number of rotatable bonds is 7. The number of hydrogen-bond acceptors (Lipinski definition) is 4. The Balaban J connectivity index is 1.74. The van der Waals surface area contributed by atoms with E-state index in [4.69, 9.17) is 5.11 Å². The maximum atomic E-state index is 10.8. The lowest BCUT2D eigenvalue weighted by molar-refractivity contribution is -0.139. The van der Waals surface area contributed by atoms with Crippen LogP contribution in [-0.2, 0) is 11.3 Å². The predicted molar refractivity (Wildman–Crippen MR) is 72.2 cm³/mol. The Hall–Kier alpha value is -1.40. The summed E-state index contributed by atoms with van der Waals surface area (Å²) in [4.78, 5) is 10.8. The van der Waals surface area contributed by atoms with Gasteiger partial charge in [-0.3, -0.25) is 9.48 Å². The van der Waals surface area contributed by atoms with Crippen LogP contribution in [0.25, 0.3) is 0 Å². The molecule has 2 heterocycles. The third kappa shape index (κ3) is 3.54. The van der Waals surface area contributed by atoms with E-state index in [1.54, 1.807) is 0 Å². The van der Waals surface area contributed by atoms with E-state index in [2.05, 4.69) is 28.7 Å². The molecule has 1 aliphatic rings. The summed E-state index contributed by atoms with van der Waals surface area (Å²) in [6.07, 6.45) is 1.13. The van der Waals surface area contributed by atoms with Crippen molar-refractivity contribution in [1.82, 2.24) is 20.4 Å². The van der Waals surface area contributed by atoms with E-state index in [0.717, 1.165) is 38.3 Å². The molecule has 0 saturated carbocycles. The van der Waals surface area contributed by atoms with E-state index in [9.17, 15) is 4.79 Å². The van der Waals surface area contributed by atoms with Crippen LogP contribution < -0.4 is 10.6 Å². The van der Waals surface area contributed by atoms with Crippen molar-refractivity contribution in [1.29, 1.82) is 0 Å². The first kappa shape index (κ1) is 14.0. The zero-order valence-corrected chi connectivity index (χ0v) is 11.6. The van der Waals surface area contributed by atoms with Crippen molar-refractivity contribution in [2.75, 3.05) is 19.6 Å². The fourth-order valence-electron chi connectivity index (χ4n) is 2.51. The van der Waals surface area contributed by atoms with Gasteiger partial charge in [-0.15, -0.1) is 0 Å². The highest BCUT2D eigenvalue weighted by Gasteiger charge is 2.38. The molecule has 0 amide bonds. The maximum Gasteiger partial charge on any atom is 0.305 e. The minimum atomic E-state index is -0.743. The van der Waals surface area contributed by atoms with Gasteiger partial charge in [0.15, 0.2) is 0 Å². The zero-order chi connectivity index (χ0) is 13.9. The first-order valence-corrected chi connectivity index (χ1v) is 6.69. The van der Waals surface area contributed by atoms with Crippen LogP contribution in [-0.4, -0.2) is 46.0 Å². The largest absolute Gasteiger partial charge is 0.481 e. The van der Waals surface area contributed by atoms with Crippen molar-refractivity contribution in [3.8, 4) is 0 Å². The lowest BCUT2D eigenvalue weighted by atomic mass is 9.88. The van der Waals surface area contributed by atoms with Gasteiger partial charge in [0, 0.05) is 25.3 Å². The number of aryl methyl sites for hydroxylation is 3. The van der Waals surface area contributed by atoms with Crippen LogP contribution in [0.2, 0.25) is 0 Å². The van der Waals surface area contributed by atoms with Gasteiger partial charge in [-0.2, -0.15) is 5.10 Å². The fourth-order valence-corrected chi connectivity index (χ4v) is 2.51. The molecule has 1 aromatic heterocycles. The van der Waals surface area contributed by atoms with E-state index in [-0.39, 0.29) is 12.0 Å². The summed E-state index contributed by atoms with van der Waals surface area (Å²) >= 11 is 0. The summed E-state index contributed by atoms with van der Waals surface area (Å²) in [5.74, 6) is -0.743. The van der Waals surface area contributed by atoms with Crippen LogP contribution in [0.4, 0.5) is 0 Å². The molecule has 6 nitrogen and oxygen atoms in total. The molecule has 0 aromatic carbocycles. The second kappa shape index (κ2) is 5.71. The zero-order valence-electron chi connectivity index (χ0n) is 11.6. The molecule has 0 aliphatic carbocycles. The molecule has 0 unspecified atom stereocenters. The molecular formula is C13H22N4O2. The number of nitrogens with zero attached hydrogens (tertiary/aromatic N) is 2. The SMILES string of the molecule is Cc1cc(C)n(CCCNC2(CC(=O)O)CNC2)n1. The summed E-state index contributed by atoms with van der Waals surface area (Å²) < 4.78 is 2.00. The Bertz CT molecular complexity index is 451. The van der Waals surface area contributed by atoms with Crippen molar-refractivity contribution >= 4 is 5.97 Å². The van der Waals surface area contributed by atoms with E-state index >= 15 is 0 Å². The molecule has 2 rings (SSSR count). The van der Waals surface area contributed by atoms with Crippen molar-refractivity contribution in [2.45, 2.75) is 38.8 Å². The van der Waals surface area contributed by atoms with Gasteiger partial charge in [-0.1, -0.05) is 0 Å². The van der Waals surface area contributed by atoms with E-state index in [0.29, 0.717) is 0 Å². The molecule has 106 valence electrons. The number of carboxylic acid groups (broad SMARTS) is 1. The van der Waals surface area contributed by atoms with E-state index in [1.165, 1.54) is 5.69 Å². The van der Waals surface area contributed by atoms with Gasteiger partial charge in [0.1, 0.15) is 0 Å². The Morgan fingerprint density at radius 3 is 2.79 bits per heavy atom. The van der Waals surface area contributed by atoms with E-state index < -0.39 is 5.97 Å². The molecule has 1 aliphatic heterocycles. The molecule has 19 heavy (non-hydrogen) atoms. The van der Waals surface area contributed by atoms with Crippen molar-refractivity contribution < 1.29 is 9.90 Å². The third-order valence-corrected chi connectivity index (χ3v) is 3.57. The molecule has 1 aromatic rings. The summed E-state index contributed by atoms with van der Waals surface area (Å²) in [6.45, 7) is 7.19. The van der Waals surface area contributed by atoms with Crippen LogP contribution in [0.15, 0.2) is 6.07 Å². The number of nitrogens with one attached hydrogen (secondary N) is 2. The molecule has 0 bridgehead atoms. The first-order valence-electron chi connectivity index (χ1n) is 6.69. The van der Waals surface area contributed by atoms with Gasteiger partial charge in [0.25, 0.3) is 0 Å². The summed E-state index contributed by atoms with van der Waals surface area (Å²) in [5, 5.41) is 19.8. The number of hydrogen-bond donors (Lipinski definition) is 3. The average Bonchev–Trinajstić information content (AvgIpc) is 2.59. The van der Waals surface area contributed by atoms with Gasteiger partial charge >= 0.3 is 5.97 Å². The minimum Gasteiger partial charge on any atom is -0.481 e. The lowest BCUT2D eigenvalue weighted by Crippen LogP contribution is -2.68. The Kier molecular flexibility index (Phi) is 4.21. The van der Waals surface area contributed by atoms with Gasteiger partial charge in [0.2, 0.25) is 0 Å². The van der Waals surface area contributed by atoms with Crippen LogP contribution in [0, 0.1) is 13.8 Å². The van der Waals surface area contributed by atoms with Gasteiger partial charge in [-0.05, 0) is 32.9 Å². The molecule has 1 fully saturated rings. The molecule has 1 saturated heterocycles. The Morgan fingerprint density at radius 1 is 1.58 bits per heavy atom. The Morgan fingerprint density at radius 2 is 2.32 bits per heavy atom. The standard InChI is InChI=1S/C13H22N4O2/c1-10-6-11(2)17(16-10)5-3-4-15-13(7-12(18)19)8-14-9-13/h6,14-15H,3-5,7-9H2,1-2H3,(H,18,19). The van der Waals surface area contributed by atoms with Crippen LogP contribution in [0.5, 0.6) is 0 Å². The molecule has 3 N–H and O–H groups in total. The topological polar surface area (TPSA) is 79.2 Å². The minimum absolute atomic E-state index is 0.180. The highest BCUT2D eigenvalue weighted by molar-refractivity contribution is 5.68. The van der Waals surface area contributed by atoms with Crippen LogP contribution in [0.3, 0.4) is 0 Å². The van der Waals surface area contributed by atoms with Crippen molar-refractivity contribution in [3.63, 3.8) is 0 Å². The molecule has 0 radical (unpaired) electrons. The number of aromatic nitrogens is 2. The first-order chi connectivity index (χ1) is 9.01. The molecule has 0 spiro atoms. The maximum absolute atomic E-state index is 10.8. The number of carbonyl (C=O) groups is 1. The van der Waals surface area contributed by atoms with Gasteiger partial charge < -0.3 is 15.7 Å². The summed E-state index contributed by atoms with van der Waals surface area (Å²) in [5.41, 5.74) is 1.96. The lowest BCUT2D eigenvalue weighted by Gasteiger charge is -2.42. The highest BCUT2D eigenvalue weighted by atomic mass is 16.4. The van der Waals surface area contributed by atoms with Crippen molar-refractivity contribution in [2.24, 2.45) is 0 Å². The Labute approximate surface area is 113 Å². The molecule has 6 heteroatoms. The normalized spacial score (nSPS) is 17.2. The van der Waals surface area contributed by atoms with Gasteiger partial charge in [0.05, 0.1) is 17.7 Å². The second-order valence-corrected chi connectivity index (χ2v) is 5.38. The quantitative estimate of drug-likeness (QED) is 0.618.